The van der Waals surface area contributed by atoms with Crippen molar-refractivity contribution < 1.29 is 4.74 Å². The van der Waals surface area contributed by atoms with Crippen LogP contribution in [0.2, 0.25) is 0 Å². The molecule has 20 heavy (non-hydrogen) atoms. The first-order valence-electron chi connectivity index (χ1n) is 6.90. The second kappa shape index (κ2) is 6.85. The van der Waals surface area contributed by atoms with Crippen LogP contribution in [0.1, 0.15) is 26.7 Å². The van der Waals surface area contributed by atoms with Crippen molar-refractivity contribution in [2.24, 2.45) is 10.4 Å². The van der Waals surface area contributed by atoms with Gasteiger partial charge in [-0.2, -0.15) is 0 Å². The maximum absolute atomic E-state index is 5.24. The zero-order valence-corrected chi connectivity index (χ0v) is 14.6. The van der Waals surface area contributed by atoms with Gasteiger partial charge in [-0.3, -0.25) is 4.99 Å². The van der Waals surface area contributed by atoms with Crippen molar-refractivity contribution in [2.75, 3.05) is 24.7 Å². The van der Waals surface area contributed by atoms with E-state index in [2.05, 4.69) is 35.1 Å². The molecule has 0 fully saturated rings. The van der Waals surface area contributed by atoms with Gasteiger partial charge in [0.1, 0.15) is 5.75 Å². The molecule has 1 heterocycles. The molecule has 0 unspecified atom stereocenters. The quantitative estimate of drug-likeness (QED) is 0.842. The Balaban J connectivity index is 2.05. The number of nitrogens with zero attached hydrogens (tertiary/aromatic N) is 1. The van der Waals surface area contributed by atoms with E-state index in [-0.39, 0.29) is 0 Å². The maximum Gasteiger partial charge on any atom is 0.161 e. The van der Waals surface area contributed by atoms with Crippen LogP contribution in [-0.4, -0.2) is 24.6 Å². The zero-order chi connectivity index (χ0) is 14.6. The van der Waals surface area contributed by atoms with Crippen LogP contribution in [0.15, 0.2) is 27.7 Å². The number of nitrogens with one attached hydrogen (secondary N) is 1. The summed E-state index contributed by atoms with van der Waals surface area (Å²) in [6.07, 6.45) is 2.39. The summed E-state index contributed by atoms with van der Waals surface area (Å²) < 4.78 is 6.18. The fraction of sp³-hybridized carbons (Fsp3) is 0.533. The number of amidine groups is 1. The van der Waals surface area contributed by atoms with E-state index in [1.165, 1.54) is 12.8 Å². The van der Waals surface area contributed by atoms with Crippen molar-refractivity contribution in [3.8, 4) is 5.75 Å². The number of benzene rings is 1. The SMILES string of the molecule is CCC1(CC)CN=C(Nc2ccc(OC)c(Br)c2)SC1. The number of aliphatic imine (C=N–C) groups is 1. The number of rotatable bonds is 4. The minimum atomic E-state index is 0.385. The molecule has 1 aromatic rings. The molecule has 1 aromatic carbocycles. The molecule has 0 spiro atoms. The second-order valence-corrected chi connectivity index (χ2v) is 6.91. The molecule has 0 aromatic heterocycles. The van der Waals surface area contributed by atoms with Gasteiger partial charge in [-0.1, -0.05) is 25.6 Å². The van der Waals surface area contributed by atoms with E-state index in [0.29, 0.717) is 5.41 Å². The monoisotopic (exact) mass is 356 g/mol. The van der Waals surface area contributed by atoms with Gasteiger partial charge in [0.25, 0.3) is 0 Å². The highest BCUT2D eigenvalue weighted by atomic mass is 79.9. The predicted molar refractivity (Wildman–Crippen MR) is 92.1 cm³/mol. The van der Waals surface area contributed by atoms with Crippen LogP contribution in [0.25, 0.3) is 0 Å². The molecule has 0 amide bonds. The summed E-state index contributed by atoms with van der Waals surface area (Å²) in [4.78, 5) is 4.71. The third-order valence-corrected chi connectivity index (χ3v) is 5.86. The van der Waals surface area contributed by atoms with Crippen LogP contribution in [-0.2, 0) is 0 Å². The molecule has 3 nitrogen and oxygen atoms in total. The molecule has 0 saturated carbocycles. The van der Waals surface area contributed by atoms with Gasteiger partial charge in [-0.25, -0.2) is 0 Å². The lowest BCUT2D eigenvalue weighted by Gasteiger charge is -2.33. The maximum atomic E-state index is 5.24. The van der Waals surface area contributed by atoms with Crippen LogP contribution in [0.5, 0.6) is 5.75 Å². The van der Waals surface area contributed by atoms with Crippen LogP contribution in [0.3, 0.4) is 0 Å². The highest BCUT2D eigenvalue weighted by Crippen LogP contribution is 2.36. The van der Waals surface area contributed by atoms with Gasteiger partial charge in [0.2, 0.25) is 0 Å². The Hall–Kier alpha value is -0.680. The van der Waals surface area contributed by atoms with Crippen LogP contribution < -0.4 is 10.1 Å². The van der Waals surface area contributed by atoms with Gasteiger partial charge in [0.05, 0.1) is 11.6 Å². The van der Waals surface area contributed by atoms with Gasteiger partial charge in [-0.05, 0) is 52.4 Å². The van der Waals surface area contributed by atoms with E-state index in [1.54, 1.807) is 7.11 Å². The summed E-state index contributed by atoms with van der Waals surface area (Å²) >= 11 is 5.32. The van der Waals surface area contributed by atoms with Crippen LogP contribution >= 0.6 is 27.7 Å². The van der Waals surface area contributed by atoms with Gasteiger partial charge < -0.3 is 10.1 Å². The molecule has 2 rings (SSSR count). The van der Waals surface area contributed by atoms with Crippen molar-refractivity contribution in [1.29, 1.82) is 0 Å². The number of hydrogen-bond donors (Lipinski definition) is 1. The molecule has 1 aliphatic heterocycles. The molecule has 0 atom stereocenters. The minimum Gasteiger partial charge on any atom is -0.496 e. The summed E-state index contributed by atoms with van der Waals surface area (Å²) in [5.74, 6) is 1.98. The summed E-state index contributed by atoms with van der Waals surface area (Å²) in [6, 6.07) is 5.97. The zero-order valence-electron chi connectivity index (χ0n) is 12.2. The fourth-order valence-corrected chi connectivity index (χ4v) is 4.00. The summed E-state index contributed by atoms with van der Waals surface area (Å²) in [5, 5.41) is 4.40. The predicted octanol–water partition coefficient (Wildman–Crippen LogP) is 4.78. The lowest BCUT2D eigenvalue weighted by atomic mass is 9.84. The second-order valence-electron chi connectivity index (χ2n) is 5.09. The highest BCUT2D eigenvalue weighted by Gasteiger charge is 2.30. The van der Waals surface area contributed by atoms with E-state index in [1.807, 2.05) is 30.0 Å². The standard InChI is InChI=1S/C15H21BrN2OS/c1-4-15(5-2)9-17-14(20-10-15)18-11-6-7-13(19-3)12(16)8-11/h6-8H,4-5,9-10H2,1-3H3,(H,17,18). The lowest BCUT2D eigenvalue weighted by Crippen LogP contribution is -2.32. The summed E-state index contributed by atoms with van der Waals surface area (Å²) in [6.45, 7) is 5.45. The smallest absolute Gasteiger partial charge is 0.161 e. The molecular weight excluding hydrogens is 336 g/mol. The van der Waals surface area contributed by atoms with Crippen molar-refractivity contribution in [1.82, 2.24) is 0 Å². The fourth-order valence-electron chi connectivity index (χ4n) is 2.17. The number of hydrogen-bond acceptors (Lipinski definition) is 4. The molecule has 5 heteroatoms. The third kappa shape index (κ3) is 3.50. The van der Waals surface area contributed by atoms with Gasteiger partial charge in [0, 0.05) is 18.0 Å². The van der Waals surface area contributed by atoms with E-state index >= 15 is 0 Å². The van der Waals surface area contributed by atoms with E-state index in [4.69, 9.17) is 9.73 Å². The summed E-state index contributed by atoms with van der Waals surface area (Å²) in [7, 11) is 1.67. The molecule has 110 valence electrons. The minimum absolute atomic E-state index is 0.385. The van der Waals surface area contributed by atoms with E-state index in [0.717, 1.165) is 33.4 Å². The van der Waals surface area contributed by atoms with Gasteiger partial charge >= 0.3 is 0 Å². The first-order chi connectivity index (χ1) is 9.62. The van der Waals surface area contributed by atoms with Crippen LogP contribution in [0, 0.1) is 5.41 Å². The Labute approximate surface area is 133 Å². The molecular formula is C15H21BrN2OS. The number of halogens is 1. The van der Waals surface area contributed by atoms with Crippen molar-refractivity contribution in [3.05, 3.63) is 22.7 Å². The normalized spacial score (nSPS) is 17.5. The largest absolute Gasteiger partial charge is 0.496 e. The molecule has 0 radical (unpaired) electrons. The number of ether oxygens (including phenoxy) is 1. The van der Waals surface area contributed by atoms with Crippen molar-refractivity contribution in [3.63, 3.8) is 0 Å². The first-order valence-corrected chi connectivity index (χ1v) is 8.68. The number of anilines is 1. The average molecular weight is 357 g/mol. The number of methoxy groups -OCH3 is 1. The van der Waals surface area contributed by atoms with Gasteiger partial charge in [-0.15, -0.1) is 0 Å². The van der Waals surface area contributed by atoms with E-state index < -0.39 is 0 Å². The topological polar surface area (TPSA) is 33.6 Å². The van der Waals surface area contributed by atoms with Gasteiger partial charge in [0.15, 0.2) is 5.17 Å². The Kier molecular flexibility index (Phi) is 5.38. The third-order valence-electron chi connectivity index (χ3n) is 3.98. The first kappa shape index (κ1) is 15.7. The average Bonchev–Trinajstić information content (AvgIpc) is 2.49. The molecule has 1 N–H and O–H groups in total. The Morgan fingerprint density at radius 2 is 2.15 bits per heavy atom. The molecule has 0 aliphatic carbocycles. The summed E-state index contributed by atoms with van der Waals surface area (Å²) in [5.41, 5.74) is 1.42. The van der Waals surface area contributed by atoms with Crippen molar-refractivity contribution in [2.45, 2.75) is 26.7 Å². The Morgan fingerprint density at radius 3 is 2.65 bits per heavy atom. The number of thioether (sulfide) groups is 1. The Morgan fingerprint density at radius 1 is 1.40 bits per heavy atom. The molecule has 1 aliphatic rings. The molecule has 0 bridgehead atoms. The van der Waals surface area contributed by atoms with E-state index in [9.17, 15) is 0 Å². The Bertz CT molecular complexity index is 501. The highest BCUT2D eigenvalue weighted by molar-refractivity contribution is 9.10. The lowest BCUT2D eigenvalue weighted by molar-refractivity contribution is 0.318. The van der Waals surface area contributed by atoms with Crippen LogP contribution in [0.4, 0.5) is 5.69 Å². The van der Waals surface area contributed by atoms with Crippen molar-refractivity contribution >= 4 is 38.5 Å². The molecule has 0 saturated heterocycles.